The number of hydrogen-bond acceptors (Lipinski definition) is 5. The van der Waals surface area contributed by atoms with Crippen molar-refractivity contribution in [3.63, 3.8) is 0 Å². The first-order valence-electron chi connectivity index (χ1n) is 6.84. The van der Waals surface area contributed by atoms with E-state index in [-0.39, 0.29) is 24.3 Å². The van der Waals surface area contributed by atoms with E-state index >= 15 is 0 Å². The smallest absolute Gasteiger partial charge is 0.320 e. The molecule has 0 N–H and O–H groups in total. The topological polar surface area (TPSA) is 66.9 Å². The standard InChI is InChI=1S/C13H20N2O4/c1-2-19-13(18)9-14(10-3-4-10)7-8-15-11(16)5-6-12(15)17/h10H,2-9H2,1H3. The molecule has 0 aromatic rings. The molecule has 1 saturated heterocycles. The molecule has 1 heterocycles. The zero-order valence-electron chi connectivity index (χ0n) is 11.3. The molecule has 0 bridgehead atoms. The largest absolute Gasteiger partial charge is 0.465 e. The Balaban J connectivity index is 1.82. The summed E-state index contributed by atoms with van der Waals surface area (Å²) in [5.74, 6) is -0.442. The quantitative estimate of drug-likeness (QED) is 0.486. The van der Waals surface area contributed by atoms with Gasteiger partial charge in [-0.05, 0) is 19.8 Å². The van der Waals surface area contributed by atoms with Gasteiger partial charge in [0.25, 0.3) is 0 Å². The normalized spacial score (nSPS) is 19.4. The van der Waals surface area contributed by atoms with Gasteiger partial charge < -0.3 is 4.74 Å². The van der Waals surface area contributed by atoms with Gasteiger partial charge in [0.05, 0.1) is 13.2 Å². The highest BCUT2D eigenvalue weighted by Gasteiger charge is 2.33. The number of carbonyl (C=O) groups is 3. The van der Waals surface area contributed by atoms with E-state index in [9.17, 15) is 14.4 Å². The lowest BCUT2D eigenvalue weighted by Gasteiger charge is -2.23. The van der Waals surface area contributed by atoms with Crippen LogP contribution >= 0.6 is 0 Å². The summed E-state index contributed by atoms with van der Waals surface area (Å²) in [7, 11) is 0. The number of imide groups is 1. The number of likely N-dealkylation sites (tertiary alicyclic amines) is 1. The fourth-order valence-corrected chi connectivity index (χ4v) is 2.30. The van der Waals surface area contributed by atoms with Gasteiger partial charge in [-0.25, -0.2) is 0 Å². The van der Waals surface area contributed by atoms with Crippen LogP contribution in [0.5, 0.6) is 0 Å². The molecule has 6 nitrogen and oxygen atoms in total. The van der Waals surface area contributed by atoms with Gasteiger partial charge in [0.1, 0.15) is 0 Å². The van der Waals surface area contributed by atoms with Crippen LogP contribution in [0.4, 0.5) is 0 Å². The summed E-state index contributed by atoms with van der Waals surface area (Å²) in [6, 6.07) is 0.400. The van der Waals surface area contributed by atoms with Crippen LogP contribution in [0.2, 0.25) is 0 Å². The van der Waals surface area contributed by atoms with Crippen molar-refractivity contribution in [1.82, 2.24) is 9.80 Å². The summed E-state index contributed by atoms with van der Waals surface area (Å²) in [4.78, 5) is 37.8. The van der Waals surface area contributed by atoms with Crippen molar-refractivity contribution in [2.45, 2.75) is 38.6 Å². The van der Waals surface area contributed by atoms with Crippen molar-refractivity contribution in [2.75, 3.05) is 26.2 Å². The molecule has 1 aliphatic heterocycles. The number of esters is 1. The van der Waals surface area contributed by atoms with Crippen molar-refractivity contribution in [3.05, 3.63) is 0 Å². The molecular formula is C13H20N2O4. The van der Waals surface area contributed by atoms with Gasteiger partial charge in [-0.2, -0.15) is 0 Å². The van der Waals surface area contributed by atoms with Crippen molar-refractivity contribution in [3.8, 4) is 0 Å². The Bertz CT molecular complexity index is 363. The lowest BCUT2D eigenvalue weighted by molar-refractivity contribution is -0.144. The minimum atomic E-state index is -0.242. The molecule has 6 heteroatoms. The fourth-order valence-electron chi connectivity index (χ4n) is 2.30. The van der Waals surface area contributed by atoms with Gasteiger partial charge in [0.15, 0.2) is 0 Å². The zero-order valence-corrected chi connectivity index (χ0v) is 11.3. The summed E-state index contributed by atoms with van der Waals surface area (Å²) in [5.41, 5.74) is 0. The van der Waals surface area contributed by atoms with Crippen molar-refractivity contribution >= 4 is 17.8 Å². The third kappa shape index (κ3) is 3.76. The molecule has 2 aliphatic rings. The van der Waals surface area contributed by atoms with Crippen LogP contribution in [0, 0.1) is 0 Å². The third-order valence-electron chi connectivity index (χ3n) is 3.47. The van der Waals surface area contributed by atoms with Crippen LogP contribution < -0.4 is 0 Å². The maximum absolute atomic E-state index is 11.5. The molecule has 1 aliphatic carbocycles. The summed E-state index contributed by atoms with van der Waals surface area (Å²) >= 11 is 0. The molecule has 0 aromatic heterocycles. The Hall–Kier alpha value is -1.43. The molecule has 0 unspecified atom stereocenters. The second-order valence-electron chi connectivity index (χ2n) is 4.95. The molecule has 0 aromatic carbocycles. The van der Waals surface area contributed by atoms with Gasteiger partial charge in [-0.15, -0.1) is 0 Å². The molecule has 1 saturated carbocycles. The second-order valence-corrected chi connectivity index (χ2v) is 4.95. The van der Waals surface area contributed by atoms with E-state index < -0.39 is 0 Å². The number of nitrogens with zero attached hydrogens (tertiary/aromatic N) is 2. The van der Waals surface area contributed by atoms with E-state index in [1.54, 1.807) is 6.92 Å². The first-order valence-corrected chi connectivity index (χ1v) is 6.84. The monoisotopic (exact) mass is 268 g/mol. The highest BCUT2D eigenvalue weighted by Crippen LogP contribution is 2.26. The van der Waals surface area contributed by atoms with E-state index in [0.29, 0.717) is 38.6 Å². The molecule has 2 amide bonds. The number of ether oxygens (including phenoxy) is 1. The van der Waals surface area contributed by atoms with Gasteiger partial charge in [0.2, 0.25) is 11.8 Å². The van der Waals surface area contributed by atoms with Gasteiger partial charge in [0, 0.05) is 32.0 Å². The molecule has 2 rings (SSSR count). The first kappa shape index (κ1) is 14.0. The Morgan fingerprint density at radius 2 is 1.95 bits per heavy atom. The van der Waals surface area contributed by atoms with Gasteiger partial charge in [-0.3, -0.25) is 24.2 Å². The molecule has 0 spiro atoms. The van der Waals surface area contributed by atoms with Crippen molar-refractivity contribution < 1.29 is 19.1 Å². The Kier molecular flexibility index (Phi) is 4.52. The van der Waals surface area contributed by atoms with Crippen LogP contribution in [0.1, 0.15) is 32.6 Å². The number of hydrogen-bond donors (Lipinski definition) is 0. The van der Waals surface area contributed by atoms with Crippen LogP contribution in [0.3, 0.4) is 0 Å². The van der Waals surface area contributed by atoms with Crippen LogP contribution in [-0.2, 0) is 19.1 Å². The van der Waals surface area contributed by atoms with Crippen LogP contribution in [0.25, 0.3) is 0 Å². The Labute approximate surface area is 112 Å². The molecular weight excluding hydrogens is 248 g/mol. The van der Waals surface area contributed by atoms with Crippen LogP contribution in [-0.4, -0.2) is 59.9 Å². The summed E-state index contributed by atoms with van der Waals surface area (Å²) in [6.07, 6.45) is 2.78. The number of carbonyl (C=O) groups excluding carboxylic acids is 3. The van der Waals surface area contributed by atoms with Crippen molar-refractivity contribution in [1.29, 1.82) is 0 Å². The predicted octanol–water partition coefficient (Wildman–Crippen LogP) is 0.163. The third-order valence-corrected chi connectivity index (χ3v) is 3.47. The zero-order chi connectivity index (χ0) is 13.8. The van der Waals surface area contributed by atoms with Gasteiger partial charge >= 0.3 is 5.97 Å². The lowest BCUT2D eigenvalue weighted by atomic mass is 10.4. The summed E-state index contributed by atoms with van der Waals surface area (Å²) in [6.45, 7) is 3.34. The van der Waals surface area contributed by atoms with E-state index in [1.165, 1.54) is 4.90 Å². The Morgan fingerprint density at radius 1 is 1.32 bits per heavy atom. The molecule has 2 fully saturated rings. The first-order chi connectivity index (χ1) is 9.11. The van der Waals surface area contributed by atoms with E-state index in [0.717, 1.165) is 12.8 Å². The lowest BCUT2D eigenvalue weighted by Crippen LogP contribution is -2.41. The highest BCUT2D eigenvalue weighted by molar-refractivity contribution is 6.01. The fraction of sp³-hybridized carbons (Fsp3) is 0.769. The predicted molar refractivity (Wildman–Crippen MR) is 67.2 cm³/mol. The average Bonchev–Trinajstić information content (AvgIpc) is 3.15. The molecule has 0 atom stereocenters. The molecule has 19 heavy (non-hydrogen) atoms. The van der Waals surface area contributed by atoms with E-state index in [2.05, 4.69) is 0 Å². The minimum absolute atomic E-state index is 0.100. The van der Waals surface area contributed by atoms with E-state index in [4.69, 9.17) is 4.74 Å². The number of amides is 2. The molecule has 0 radical (unpaired) electrons. The second kappa shape index (κ2) is 6.14. The molecule has 106 valence electrons. The minimum Gasteiger partial charge on any atom is -0.465 e. The maximum Gasteiger partial charge on any atom is 0.320 e. The van der Waals surface area contributed by atoms with E-state index in [1.807, 2.05) is 4.90 Å². The average molecular weight is 268 g/mol. The van der Waals surface area contributed by atoms with Crippen LogP contribution in [0.15, 0.2) is 0 Å². The van der Waals surface area contributed by atoms with Gasteiger partial charge in [-0.1, -0.05) is 0 Å². The number of rotatable bonds is 7. The highest BCUT2D eigenvalue weighted by atomic mass is 16.5. The maximum atomic E-state index is 11.5. The summed E-state index contributed by atoms with van der Waals surface area (Å²) < 4.78 is 4.94. The summed E-state index contributed by atoms with van der Waals surface area (Å²) in [5, 5.41) is 0. The Morgan fingerprint density at radius 3 is 2.47 bits per heavy atom. The SMILES string of the molecule is CCOC(=O)CN(CCN1C(=O)CCC1=O)C1CC1. The van der Waals surface area contributed by atoms with Crippen molar-refractivity contribution in [2.24, 2.45) is 0 Å².